The number of aromatic nitrogens is 3. The first-order chi connectivity index (χ1) is 15.8. The Kier molecular flexibility index (Phi) is 6.08. The Bertz CT molecular complexity index is 1240. The highest BCUT2D eigenvalue weighted by molar-refractivity contribution is 5.88. The van der Waals surface area contributed by atoms with Gasteiger partial charge >= 0.3 is 0 Å². The molecule has 172 valence electrons. The Labute approximate surface area is 188 Å². The van der Waals surface area contributed by atoms with Gasteiger partial charge in [-0.25, -0.2) is 23.1 Å². The molecule has 1 atom stereocenters. The lowest BCUT2D eigenvalue weighted by atomic mass is 9.97. The van der Waals surface area contributed by atoms with Crippen molar-refractivity contribution < 1.29 is 23.0 Å². The van der Waals surface area contributed by atoms with Crippen LogP contribution in [0.5, 0.6) is 5.88 Å². The summed E-state index contributed by atoms with van der Waals surface area (Å²) in [6.45, 7) is 1.43. The summed E-state index contributed by atoms with van der Waals surface area (Å²) in [7, 11) is 1.46. The summed E-state index contributed by atoms with van der Waals surface area (Å²) in [6, 6.07) is 7.19. The first-order valence-corrected chi connectivity index (χ1v) is 10.4. The van der Waals surface area contributed by atoms with Gasteiger partial charge < -0.3 is 15.2 Å². The first-order valence-electron chi connectivity index (χ1n) is 10.4. The Morgan fingerprint density at radius 2 is 1.97 bits per heavy atom. The van der Waals surface area contributed by atoms with Gasteiger partial charge in [-0.15, -0.1) is 0 Å². The molecular formula is C23H22F3N5O2. The number of benzene rings is 1. The van der Waals surface area contributed by atoms with Crippen molar-refractivity contribution in [3.8, 4) is 11.9 Å². The maximum Gasteiger partial charge on any atom is 0.266 e. The molecule has 1 saturated carbocycles. The zero-order valence-electron chi connectivity index (χ0n) is 18.1. The van der Waals surface area contributed by atoms with Crippen LogP contribution in [0.4, 0.5) is 19.0 Å². The molecule has 2 aromatic heterocycles. The average Bonchev–Trinajstić information content (AvgIpc) is 3.59. The van der Waals surface area contributed by atoms with E-state index < -0.39 is 29.3 Å². The van der Waals surface area contributed by atoms with Crippen LogP contribution in [0.1, 0.15) is 54.7 Å². The van der Waals surface area contributed by atoms with Crippen molar-refractivity contribution in [1.82, 2.24) is 15.0 Å². The Morgan fingerprint density at radius 3 is 2.58 bits per heavy atom. The van der Waals surface area contributed by atoms with Crippen LogP contribution < -0.4 is 10.1 Å². The summed E-state index contributed by atoms with van der Waals surface area (Å²) >= 11 is 0. The van der Waals surface area contributed by atoms with Crippen LogP contribution in [0.25, 0.3) is 11.0 Å². The fourth-order valence-corrected chi connectivity index (χ4v) is 3.82. The van der Waals surface area contributed by atoms with Crippen LogP contribution in [0, 0.1) is 17.1 Å². The SMILES string of the molecule is COc1nc2nc(CCO)nc(N[C@H](C)c3cccc(C(F)F)c3F)c2cc1C1(C#N)CC1. The third kappa shape index (κ3) is 4.16. The fourth-order valence-electron chi connectivity index (χ4n) is 3.82. The minimum absolute atomic E-state index is 0.0562. The first kappa shape index (κ1) is 22.7. The second-order valence-corrected chi connectivity index (χ2v) is 7.99. The molecule has 2 N–H and O–H groups in total. The summed E-state index contributed by atoms with van der Waals surface area (Å²) in [6.07, 6.45) is -1.45. The van der Waals surface area contributed by atoms with Crippen LogP contribution in [0.15, 0.2) is 24.3 Å². The van der Waals surface area contributed by atoms with Crippen LogP contribution >= 0.6 is 0 Å². The highest BCUT2D eigenvalue weighted by atomic mass is 19.3. The summed E-state index contributed by atoms with van der Waals surface area (Å²) < 4.78 is 46.4. The van der Waals surface area contributed by atoms with Gasteiger partial charge in [-0.3, -0.25) is 0 Å². The maximum absolute atomic E-state index is 14.7. The van der Waals surface area contributed by atoms with E-state index >= 15 is 0 Å². The third-order valence-electron chi connectivity index (χ3n) is 5.82. The second kappa shape index (κ2) is 8.83. The number of nitrogens with one attached hydrogen (secondary N) is 1. The fraction of sp³-hybridized carbons (Fsp3) is 0.391. The number of methoxy groups -OCH3 is 1. The molecular weight excluding hydrogens is 435 g/mol. The number of ether oxygens (including phenoxy) is 1. The summed E-state index contributed by atoms with van der Waals surface area (Å²) in [5.74, 6) is -0.110. The summed E-state index contributed by atoms with van der Waals surface area (Å²) in [5.41, 5.74) is -0.426. The van der Waals surface area contributed by atoms with E-state index in [4.69, 9.17) is 4.74 Å². The van der Waals surface area contributed by atoms with Gasteiger partial charge in [-0.1, -0.05) is 18.2 Å². The number of nitrogens with zero attached hydrogens (tertiary/aromatic N) is 4. The van der Waals surface area contributed by atoms with Crippen LogP contribution in [0.2, 0.25) is 0 Å². The van der Waals surface area contributed by atoms with Gasteiger partial charge in [0, 0.05) is 17.5 Å². The standard InChI is InChI=1S/C23H22F3N5O2/c1-12(13-4-3-5-14(18(13)24)19(25)26)28-20-15-10-16(23(11-27)7-8-23)22(33-2)31-21(15)30-17(29-20)6-9-32/h3-5,10,12,19,32H,6-9H2,1-2H3,(H,28,29,30,31)/t12-/m1/s1. The predicted octanol–water partition coefficient (Wildman–Crippen LogP) is 4.37. The minimum atomic E-state index is -2.94. The van der Waals surface area contributed by atoms with E-state index in [9.17, 15) is 23.5 Å². The number of pyridine rings is 1. The topological polar surface area (TPSA) is 104 Å². The highest BCUT2D eigenvalue weighted by Gasteiger charge is 2.47. The van der Waals surface area contributed by atoms with Crippen LogP contribution in [-0.4, -0.2) is 33.8 Å². The molecule has 0 bridgehead atoms. The molecule has 10 heteroatoms. The molecule has 0 aliphatic heterocycles. The van der Waals surface area contributed by atoms with E-state index in [1.165, 1.54) is 19.2 Å². The molecule has 3 aromatic rings. The van der Waals surface area contributed by atoms with Crippen molar-refractivity contribution in [3.63, 3.8) is 0 Å². The summed E-state index contributed by atoms with van der Waals surface area (Å²) in [4.78, 5) is 13.3. The lowest BCUT2D eigenvalue weighted by molar-refractivity contribution is 0.146. The molecule has 4 rings (SSSR count). The highest BCUT2D eigenvalue weighted by Crippen LogP contribution is 2.51. The summed E-state index contributed by atoms with van der Waals surface area (Å²) in [5, 5.41) is 22.6. The number of rotatable bonds is 8. The molecule has 1 aromatic carbocycles. The number of nitriles is 1. The second-order valence-electron chi connectivity index (χ2n) is 7.99. The van der Waals surface area contributed by atoms with Gasteiger partial charge in [0.2, 0.25) is 5.88 Å². The Morgan fingerprint density at radius 1 is 1.24 bits per heavy atom. The van der Waals surface area contributed by atoms with Crippen molar-refractivity contribution in [2.75, 3.05) is 19.0 Å². The Balaban J connectivity index is 1.83. The van der Waals surface area contributed by atoms with E-state index in [-0.39, 0.29) is 30.1 Å². The lowest BCUT2D eigenvalue weighted by Crippen LogP contribution is -2.14. The molecule has 0 unspecified atom stereocenters. The number of fused-ring (bicyclic) bond motifs is 1. The number of halogens is 3. The smallest absolute Gasteiger partial charge is 0.266 e. The largest absolute Gasteiger partial charge is 0.481 e. The van der Waals surface area contributed by atoms with Gasteiger partial charge in [0.05, 0.1) is 42.2 Å². The van der Waals surface area contributed by atoms with E-state index in [2.05, 4.69) is 26.3 Å². The van der Waals surface area contributed by atoms with E-state index in [0.29, 0.717) is 35.4 Å². The molecule has 0 radical (unpaired) electrons. The van der Waals surface area contributed by atoms with Crippen LogP contribution in [0.3, 0.4) is 0 Å². The van der Waals surface area contributed by atoms with Crippen molar-refractivity contribution in [2.45, 2.75) is 44.1 Å². The number of alkyl halides is 2. The van der Waals surface area contributed by atoms with Gasteiger partial charge in [-0.05, 0) is 25.8 Å². The lowest BCUT2D eigenvalue weighted by Gasteiger charge is -2.20. The molecule has 33 heavy (non-hydrogen) atoms. The number of aliphatic hydroxyl groups is 1. The van der Waals surface area contributed by atoms with E-state index in [1.54, 1.807) is 13.0 Å². The molecule has 1 aliphatic rings. The van der Waals surface area contributed by atoms with Gasteiger partial charge in [0.25, 0.3) is 6.43 Å². The third-order valence-corrected chi connectivity index (χ3v) is 5.82. The van der Waals surface area contributed by atoms with Gasteiger partial charge in [0.15, 0.2) is 5.65 Å². The average molecular weight is 457 g/mol. The van der Waals surface area contributed by atoms with Crippen molar-refractivity contribution in [3.05, 3.63) is 52.6 Å². The van der Waals surface area contributed by atoms with Crippen molar-refractivity contribution in [2.24, 2.45) is 0 Å². The normalized spacial score (nSPS) is 15.3. The van der Waals surface area contributed by atoms with E-state index in [1.807, 2.05) is 0 Å². The van der Waals surface area contributed by atoms with Gasteiger partial charge in [-0.2, -0.15) is 10.2 Å². The minimum Gasteiger partial charge on any atom is -0.481 e. The van der Waals surface area contributed by atoms with E-state index in [0.717, 1.165) is 6.07 Å². The number of hydrogen-bond donors (Lipinski definition) is 2. The molecule has 7 nitrogen and oxygen atoms in total. The monoisotopic (exact) mass is 457 g/mol. The van der Waals surface area contributed by atoms with Crippen LogP contribution in [-0.2, 0) is 11.8 Å². The van der Waals surface area contributed by atoms with Gasteiger partial charge in [0.1, 0.15) is 17.5 Å². The molecule has 2 heterocycles. The Hall–Kier alpha value is -3.45. The predicted molar refractivity (Wildman–Crippen MR) is 115 cm³/mol. The molecule has 1 fully saturated rings. The number of hydrogen-bond acceptors (Lipinski definition) is 7. The molecule has 1 aliphatic carbocycles. The zero-order chi connectivity index (χ0) is 23.8. The quantitative estimate of drug-likeness (QED) is 0.518. The van der Waals surface area contributed by atoms with Crippen molar-refractivity contribution in [1.29, 1.82) is 5.26 Å². The maximum atomic E-state index is 14.7. The molecule has 0 saturated heterocycles. The number of aliphatic hydroxyl groups excluding tert-OH is 1. The molecule has 0 amide bonds. The zero-order valence-corrected chi connectivity index (χ0v) is 18.1. The number of anilines is 1. The van der Waals surface area contributed by atoms with Crippen molar-refractivity contribution >= 4 is 16.9 Å². The molecule has 0 spiro atoms.